The quantitative estimate of drug-likeness (QED) is 0.437. The normalized spacial score (nSPS) is 21.8. The van der Waals surface area contributed by atoms with E-state index in [1.807, 2.05) is 6.07 Å². The predicted molar refractivity (Wildman–Crippen MR) is 79.5 cm³/mol. The van der Waals surface area contributed by atoms with E-state index in [1.165, 1.54) is 0 Å². The fraction of sp³-hybridized carbons (Fsp3) is 0.533. The van der Waals surface area contributed by atoms with Crippen molar-refractivity contribution in [2.75, 3.05) is 0 Å². The first-order valence-corrected chi connectivity index (χ1v) is 8.66. The first kappa shape index (κ1) is 16.4. The molecule has 0 spiro atoms. The molecule has 1 heterocycles. The van der Waals surface area contributed by atoms with E-state index < -0.39 is 19.5 Å². The van der Waals surface area contributed by atoms with Gasteiger partial charge in [-0.2, -0.15) is 0 Å². The Balaban J connectivity index is 2.11. The molecule has 6 heteroatoms. The van der Waals surface area contributed by atoms with E-state index in [0.29, 0.717) is 5.56 Å². The molecule has 0 aromatic heterocycles. The number of Topliss-reactive ketones (excluding diaryl/α,β-unsaturated/α-hetero) is 1. The molecule has 0 bridgehead atoms. The maximum absolute atomic E-state index is 12.8. The van der Waals surface area contributed by atoms with Crippen LogP contribution in [0, 0.1) is 0 Å². The van der Waals surface area contributed by atoms with Crippen molar-refractivity contribution >= 4 is 13.4 Å². The molecule has 1 aromatic rings. The van der Waals surface area contributed by atoms with Crippen LogP contribution in [0.4, 0.5) is 0 Å². The van der Waals surface area contributed by atoms with E-state index in [4.69, 9.17) is 13.8 Å². The molecule has 21 heavy (non-hydrogen) atoms. The first-order valence-electron chi connectivity index (χ1n) is 7.04. The highest BCUT2D eigenvalue weighted by Crippen LogP contribution is 2.63. The lowest BCUT2D eigenvalue weighted by Gasteiger charge is -2.21. The Bertz CT molecular complexity index is 526. The summed E-state index contributed by atoms with van der Waals surface area (Å²) in [6.07, 6.45) is -1.30. The summed E-state index contributed by atoms with van der Waals surface area (Å²) in [7, 11) is -3.47. The number of ether oxygens (including phenoxy) is 1. The zero-order chi connectivity index (χ0) is 15.6. The van der Waals surface area contributed by atoms with Gasteiger partial charge in [0.05, 0.1) is 12.2 Å². The summed E-state index contributed by atoms with van der Waals surface area (Å²) >= 11 is 0. The van der Waals surface area contributed by atoms with Crippen LogP contribution in [0.15, 0.2) is 30.3 Å². The van der Waals surface area contributed by atoms with E-state index in [1.54, 1.807) is 52.0 Å². The zero-order valence-corrected chi connectivity index (χ0v) is 13.6. The van der Waals surface area contributed by atoms with Gasteiger partial charge in [-0.1, -0.05) is 30.3 Å². The maximum Gasteiger partial charge on any atom is 0.362 e. The second-order valence-electron chi connectivity index (χ2n) is 5.53. The van der Waals surface area contributed by atoms with Crippen LogP contribution in [0.1, 0.15) is 38.1 Å². The lowest BCUT2D eigenvalue weighted by atomic mass is 10.1. The summed E-state index contributed by atoms with van der Waals surface area (Å²) in [5.41, 5.74) is 0.533. The van der Waals surface area contributed by atoms with Gasteiger partial charge in [0.25, 0.3) is 0 Å². The smallest absolute Gasteiger partial charge is 0.347 e. The summed E-state index contributed by atoms with van der Waals surface area (Å²) in [6, 6.07) is 8.80. The Hall–Kier alpha value is -1.00. The first-order chi connectivity index (χ1) is 9.83. The third-order valence-electron chi connectivity index (χ3n) is 2.81. The molecule has 1 aromatic carbocycles. The Kier molecular flexibility index (Phi) is 4.99. The molecule has 0 amide bonds. The average Bonchev–Trinajstić information content (AvgIpc) is 3.17. The summed E-state index contributed by atoms with van der Waals surface area (Å²) in [6.45, 7) is 7.08. The second kappa shape index (κ2) is 6.41. The molecule has 1 saturated heterocycles. The molecule has 5 nitrogen and oxygen atoms in total. The summed E-state index contributed by atoms with van der Waals surface area (Å²) in [4.78, 5) is 12.3. The van der Waals surface area contributed by atoms with E-state index in [9.17, 15) is 9.36 Å². The number of carbonyl (C=O) groups excluding carboxylic acids is 1. The van der Waals surface area contributed by atoms with E-state index in [-0.39, 0.29) is 18.0 Å². The lowest BCUT2D eigenvalue weighted by Crippen LogP contribution is -2.16. The van der Waals surface area contributed by atoms with Gasteiger partial charge in [-0.15, -0.1) is 0 Å². The minimum absolute atomic E-state index is 0.194. The van der Waals surface area contributed by atoms with Gasteiger partial charge in [0.2, 0.25) is 0 Å². The third-order valence-corrected chi connectivity index (χ3v) is 5.26. The molecule has 2 unspecified atom stereocenters. The van der Waals surface area contributed by atoms with E-state index >= 15 is 0 Å². The number of benzene rings is 1. The monoisotopic (exact) mass is 312 g/mol. The fourth-order valence-corrected chi connectivity index (χ4v) is 4.25. The van der Waals surface area contributed by atoms with Crippen LogP contribution < -0.4 is 0 Å². The lowest BCUT2D eigenvalue weighted by molar-refractivity contribution is 0.0953. The van der Waals surface area contributed by atoms with E-state index in [0.717, 1.165) is 0 Å². The van der Waals surface area contributed by atoms with Crippen molar-refractivity contribution in [1.82, 2.24) is 0 Å². The minimum Gasteiger partial charge on any atom is -0.347 e. The van der Waals surface area contributed by atoms with Crippen LogP contribution in [0.25, 0.3) is 0 Å². The number of ketones is 1. The number of hydrogen-bond donors (Lipinski definition) is 0. The number of epoxide rings is 1. The number of hydrogen-bond acceptors (Lipinski definition) is 5. The van der Waals surface area contributed by atoms with Crippen molar-refractivity contribution in [3.63, 3.8) is 0 Å². The van der Waals surface area contributed by atoms with Crippen molar-refractivity contribution in [3.8, 4) is 0 Å². The topological polar surface area (TPSA) is 65.1 Å². The van der Waals surface area contributed by atoms with Crippen molar-refractivity contribution in [1.29, 1.82) is 0 Å². The van der Waals surface area contributed by atoms with Gasteiger partial charge in [-0.3, -0.25) is 9.36 Å². The highest BCUT2D eigenvalue weighted by atomic mass is 31.2. The molecule has 0 N–H and O–H groups in total. The predicted octanol–water partition coefficient (Wildman–Crippen LogP) is 3.64. The Morgan fingerprint density at radius 1 is 1.10 bits per heavy atom. The molecule has 116 valence electrons. The number of carbonyl (C=O) groups is 1. The van der Waals surface area contributed by atoms with Crippen LogP contribution in [-0.2, 0) is 18.3 Å². The van der Waals surface area contributed by atoms with Crippen LogP contribution in [-0.4, -0.2) is 29.9 Å². The molecule has 1 aliphatic rings. The van der Waals surface area contributed by atoms with Gasteiger partial charge in [0.15, 0.2) is 17.7 Å². The van der Waals surface area contributed by atoms with Crippen LogP contribution >= 0.6 is 7.60 Å². The Labute approximate surface area is 125 Å². The van der Waals surface area contributed by atoms with Gasteiger partial charge in [-0.25, -0.2) is 0 Å². The number of rotatable bonds is 7. The SMILES string of the molecule is CC(C)OP(=O)(OC(C)C)C1OC1C(=O)c1ccccc1. The largest absolute Gasteiger partial charge is 0.362 e. The van der Waals surface area contributed by atoms with Gasteiger partial charge >= 0.3 is 7.60 Å². The van der Waals surface area contributed by atoms with Crippen LogP contribution in [0.3, 0.4) is 0 Å². The highest BCUT2D eigenvalue weighted by molar-refractivity contribution is 7.55. The van der Waals surface area contributed by atoms with Gasteiger partial charge in [-0.05, 0) is 27.7 Å². The molecule has 2 atom stereocenters. The van der Waals surface area contributed by atoms with Gasteiger partial charge < -0.3 is 13.8 Å². The summed E-state index contributed by atoms with van der Waals surface area (Å²) in [5.74, 6) is -1.00. The standard InChI is InChI=1S/C15H21O5P/c1-10(2)19-21(17,20-11(3)4)15-14(18-15)13(16)12-8-6-5-7-9-12/h5-11,14-15H,1-4H3. The molecule has 1 aliphatic heterocycles. The minimum atomic E-state index is -3.47. The van der Waals surface area contributed by atoms with Crippen molar-refractivity contribution in [3.05, 3.63) is 35.9 Å². The highest BCUT2D eigenvalue weighted by Gasteiger charge is 2.59. The molecule has 0 aliphatic carbocycles. The average molecular weight is 312 g/mol. The molecule has 1 fully saturated rings. The van der Waals surface area contributed by atoms with E-state index in [2.05, 4.69) is 0 Å². The van der Waals surface area contributed by atoms with Crippen molar-refractivity contribution < 1.29 is 23.1 Å². The fourth-order valence-electron chi connectivity index (χ4n) is 2.04. The molecular weight excluding hydrogens is 291 g/mol. The molecular formula is C15H21O5P. The Morgan fingerprint density at radius 2 is 1.62 bits per heavy atom. The summed E-state index contributed by atoms with van der Waals surface area (Å²) in [5, 5.41) is 0. The second-order valence-corrected chi connectivity index (χ2v) is 7.54. The third kappa shape index (κ3) is 4.01. The van der Waals surface area contributed by atoms with Crippen LogP contribution in [0.5, 0.6) is 0 Å². The van der Waals surface area contributed by atoms with Crippen LogP contribution in [0.2, 0.25) is 0 Å². The summed E-state index contributed by atoms with van der Waals surface area (Å²) < 4.78 is 29.0. The zero-order valence-electron chi connectivity index (χ0n) is 12.7. The van der Waals surface area contributed by atoms with Crippen molar-refractivity contribution in [2.24, 2.45) is 0 Å². The van der Waals surface area contributed by atoms with Crippen molar-refractivity contribution in [2.45, 2.75) is 51.9 Å². The van der Waals surface area contributed by atoms with Gasteiger partial charge in [0, 0.05) is 5.56 Å². The molecule has 2 rings (SSSR count). The molecule has 0 saturated carbocycles. The van der Waals surface area contributed by atoms with Gasteiger partial charge in [0.1, 0.15) is 0 Å². The Morgan fingerprint density at radius 3 is 2.10 bits per heavy atom. The molecule has 0 radical (unpaired) electrons. The maximum atomic E-state index is 12.8.